The number of hydrogen-bond donors (Lipinski definition) is 1. The van der Waals surface area contributed by atoms with Crippen LogP contribution in [0.3, 0.4) is 0 Å². The lowest BCUT2D eigenvalue weighted by Gasteiger charge is -2.33. The number of carbonyl (C=O) groups is 1. The fraction of sp³-hybridized carbons (Fsp3) is 0.476. The molecule has 1 fully saturated rings. The highest BCUT2D eigenvalue weighted by molar-refractivity contribution is 5.77. The molecule has 3 rings (SSSR count). The van der Waals surface area contributed by atoms with Crippen molar-refractivity contribution in [2.24, 2.45) is 0 Å². The van der Waals surface area contributed by atoms with Gasteiger partial charge in [-0.1, -0.05) is 43.2 Å². The molecule has 1 aromatic carbocycles. The molecule has 0 radical (unpaired) electrons. The second kappa shape index (κ2) is 7.69. The van der Waals surface area contributed by atoms with Crippen molar-refractivity contribution in [2.75, 3.05) is 0 Å². The van der Waals surface area contributed by atoms with Crippen molar-refractivity contribution in [1.82, 2.24) is 9.88 Å². The molecule has 3 heteroatoms. The van der Waals surface area contributed by atoms with Crippen molar-refractivity contribution in [3.63, 3.8) is 0 Å². The van der Waals surface area contributed by atoms with E-state index < -0.39 is 0 Å². The monoisotopic (exact) mass is 324 g/mol. The van der Waals surface area contributed by atoms with Crippen LogP contribution in [-0.4, -0.2) is 27.9 Å². The number of H-pyrrole nitrogens is 1. The third-order valence-corrected chi connectivity index (χ3v) is 5.00. The minimum absolute atomic E-state index is 0.295. The van der Waals surface area contributed by atoms with E-state index in [1.165, 1.54) is 31.2 Å². The summed E-state index contributed by atoms with van der Waals surface area (Å²) in [5.41, 5.74) is 3.44. The normalized spacial score (nSPS) is 15.1. The molecule has 0 atom stereocenters. The molecule has 1 aromatic heterocycles. The summed E-state index contributed by atoms with van der Waals surface area (Å²) in [5.74, 6) is 0.299. The predicted molar refractivity (Wildman–Crippen MR) is 98.8 cm³/mol. The van der Waals surface area contributed by atoms with E-state index in [2.05, 4.69) is 48.0 Å². The molecule has 1 aliphatic carbocycles. The van der Waals surface area contributed by atoms with Crippen molar-refractivity contribution in [1.29, 1.82) is 0 Å². The predicted octanol–water partition coefficient (Wildman–Crippen LogP) is 4.79. The number of benzene rings is 1. The van der Waals surface area contributed by atoms with Crippen LogP contribution in [0, 0.1) is 0 Å². The molecule has 0 aliphatic heterocycles. The minimum atomic E-state index is 0.295. The zero-order valence-corrected chi connectivity index (χ0v) is 14.8. The van der Waals surface area contributed by atoms with E-state index in [1.807, 2.05) is 18.2 Å². The van der Waals surface area contributed by atoms with Gasteiger partial charge in [-0.15, -0.1) is 0 Å². The Hall–Kier alpha value is -2.03. The lowest BCUT2D eigenvalue weighted by Crippen LogP contribution is -2.43. The van der Waals surface area contributed by atoms with Gasteiger partial charge in [0.15, 0.2) is 0 Å². The van der Waals surface area contributed by atoms with Crippen LogP contribution in [0.2, 0.25) is 0 Å². The first kappa shape index (κ1) is 16.8. The molecule has 1 amide bonds. The molecular weight excluding hydrogens is 296 g/mol. The van der Waals surface area contributed by atoms with Gasteiger partial charge in [0, 0.05) is 29.9 Å². The molecule has 1 aliphatic rings. The summed E-state index contributed by atoms with van der Waals surface area (Å²) in [5, 5.41) is 0. The van der Waals surface area contributed by atoms with Gasteiger partial charge in [0.2, 0.25) is 5.91 Å². The number of nitrogens with one attached hydrogen (secondary N) is 1. The number of aromatic amines is 1. The highest BCUT2D eigenvalue weighted by Crippen LogP contribution is 2.26. The number of nitrogens with zero attached hydrogens (tertiary/aromatic N) is 1. The number of amides is 1. The van der Waals surface area contributed by atoms with E-state index in [9.17, 15) is 4.79 Å². The topological polar surface area (TPSA) is 36.1 Å². The molecular formula is C21H28N2O. The standard InChI is InChI=1S/C21H28N2O/c1-16(2)23(19-10-6-7-11-19)21(24)15-13-18-12-14-20(22-18)17-8-4-3-5-9-17/h3-5,8-9,12,14,16,19,22H,6-7,10-11,13,15H2,1-2H3. The molecule has 3 nitrogen and oxygen atoms in total. The summed E-state index contributed by atoms with van der Waals surface area (Å²) in [6.45, 7) is 4.27. The fourth-order valence-electron chi connectivity index (χ4n) is 3.84. The molecule has 24 heavy (non-hydrogen) atoms. The molecule has 1 heterocycles. The van der Waals surface area contributed by atoms with E-state index in [4.69, 9.17) is 0 Å². The lowest BCUT2D eigenvalue weighted by atomic mass is 10.1. The summed E-state index contributed by atoms with van der Waals surface area (Å²) in [7, 11) is 0. The maximum atomic E-state index is 12.7. The summed E-state index contributed by atoms with van der Waals surface area (Å²) in [6.07, 6.45) is 6.23. The Morgan fingerprint density at radius 1 is 1.12 bits per heavy atom. The van der Waals surface area contributed by atoms with E-state index in [-0.39, 0.29) is 0 Å². The van der Waals surface area contributed by atoms with Gasteiger partial charge < -0.3 is 9.88 Å². The molecule has 1 N–H and O–H groups in total. The van der Waals surface area contributed by atoms with Crippen LogP contribution >= 0.6 is 0 Å². The van der Waals surface area contributed by atoms with Crippen LogP contribution in [0.25, 0.3) is 11.3 Å². The van der Waals surface area contributed by atoms with Gasteiger partial charge in [0.05, 0.1) is 0 Å². The van der Waals surface area contributed by atoms with Crippen molar-refractivity contribution >= 4 is 5.91 Å². The first-order chi connectivity index (χ1) is 11.6. The van der Waals surface area contributed by atoms with Crippen molar-refractivity contribution in [2.45, 2.75) is 64.5 Å². The van der Waals surface area contributed by atoms with Crippen LogP contribution in [0.4, 0.5) is 0 Å². The molecule has 1 saturated carbocycles. The zero-order valence-electron chi connectivity index (χ0n) is 14.8. The quantitative estimate of drug-likeness (QED) is 0.814. The first-order valence-corrected chi connectivity index (χ1v) is 9.19. The lowest BCUT2D eigenvalue weighted by molar-refractivity contribution is -0.135. The number of aryl methyl sites for hydroxylation is 1. The van der Waals surface area contributed by atoms with Crippen LogP contribution < -0.4 is 0 Å². The van der Waals surface area contributed by atoms with Gasteiger partial charge in [0.1, 0.15) is 0 Å². The van der Waals surface area contributed by atoms with Crippen molar-refractivity contribution < 1.29 is 4.79 Å². The largest absolute Gasteiger partial charge is 0.358 e. The third kappa shape index (κ3) is 3.89. The van der Waals surface area contributed by atoms with Gasteiger partial charge >= 0.3 is 0 Å². The number of carbonyl (C=O) groups excluding carboxylic acids is 1. The second-order valence-electron chi connectivity index (χ2n) is 7.10. The fourth-order valence-corrected chi connectivity index (χ4v) is 3.84. The number of aromatic nitrogens is 1. The zero-order chi connectivity index (χ0) is 16.9. The van der Waals surface area contributed by atoms with E-state index >= 15 is 0 Å². The summed E-state index contributed by atoms with van der Waals surface area (Å²) in [4.78, 5) is 18.3. The summed E-state index contributed by atoms with van der Waals surface area (Å²) in [6, 6.07) is 15.3. The molecule has 0 unspecified atom stereocenters. The van der Waals surface area contributed by atoms with Gasteiger partial charge in [-0.2, -0.15) is 0 Å². The molecule has 0 spiro atoms. The van der Waals surface area contributed by atoms with E-state index in [1.54, 1.807) is 0 Å². The first-order valence-electron chi connectivity index (χ1n) is 9.19. The van der Waals surface area contributed by atoms with Crippen molar-refractivity contribution in [3.8, 4) is 11.3 Å². The summed E-state index contributed by atoms with van der Waals surface area (Å²) >= 11 is 0. The maximum Gasteiger partial charge on any atom is 0.223 e. The molecule has 128 valence electrons. The Labute approximate surface area is 145 Å². The van der Waals surface area contributed by atoms with Gasteiger partial charge in [0.25, 0.3) is 0 Å². The van der Waals surface area contributed by atoms with Crippen molar-refractivity contribution in [3.05, 3.63) is 48.2 Å². The van der Waals surface area contributed by atoms with Crippen LogP contribution in [-0.2, 0) is 11.2 Å². The van der Waals surface area contributed by atoms with E-state index in [0.717, 1.165) is 17.8 Å². The molecule has 2 aromatic rings. The highest BCUT2D eigenvalue weighted by atomic mass is 16.2. The third-order valence-electron chi connectivity index (χ3n) is 5.00. The van der Waals surface area contributed by atoms with Gasteiger partial charge in [-0.25, -0.2) is 0 Å². The number of hydrogen-bond acceptors (Lipinski definition) is 1. The Morgan fingerprint density at radius 2 is 1.83 bits per heavy atom. The minimum Gasteiger partial charge on any atom is -0.358 e. The smallest absolute Gasteiger partial charge is 0.223 e. The second-order valence-corrected chi connectivity index (χ2v) is 7.10. The Morgan fingerprint density at radius 3 is 2.50 bits per heavy atom. The average Bonchev–Trinajstić information content (AvgIpc) is 3.25. The average molecular weight is 324 g/mol. The van der Waals surface area contributed by atoms with Crippen LogP contribution in [0.5, 0.6) is 0 Å². The molecule has 0 saturated heterocycles. The summed E-state index contributed by atoms with van der Waals surface area (Å²) < 4.78 is 0. The Bertz CT molecular complexity index is 653. The van der Waals surface area contributed by atoms with Gasteiger partial charge in [-0.3, -0.25) is 4.79 Å². The van der Waals surface area contributed by atoms with Gasteiger partial charge in [-0.05, 0) is 50.8 Å². The SMILES string of the molecule is CC(C)N(C(=O)CCc1ccc(-c2ccccc2)[nH]1)C1CCCC1. The highest BCUT2D eigenvalue weighted by Gasteiger charge is 2.28. The Kier molecular flexibility index (Phi) is 5.39. The number of rotatable bonds is 6. The van der Waals surface area contributed by atoms with Crippen LogP contribution in [0.15, 0.2) is 42.5 Å². The van der Waals surface area contributed by atoms with Crippen LogP contribution in [0.1, 0.15) is 51.6 Å². The molecule has 0 bridgehead atoms. The maximum absolute atomic E-state index is 12.7. The van der Waals surface area contributed by atoms with E-state index in [0.29, 0.717) is 24.4 Å². The Balaban J connectivity index is 1.60.